The van der Waals surface area contributed by atoms with E-state index in [1.165, 1.54) is 5.48 Å². The average molecular weight is 481 g/mol. The lowest BCUT2D eigenvalue weighted by molar-refractivity contribution is -0.128. The van der Waals surface area contributed by atoms with Crippen molar-refractivity contribution in [3.63, 3.8) is 0 Å². The maximum Gasteiger partial charge on any atom is 0.269 e. The molecule has 0 aromatic heterocycles. The lowest BCUT2D eigenvalue weighted by Gasteiger charge is -2.20. The largest absolute Gasteiger partial charge is 0.398 e. The number of nitrogens with one attached hydrogen (secondary N) is 1. The number of hydrogen-bond acceptors (Lipinski definition) is 7. The summed E-state index contributed by atoms with van der Waals surface area (Å²) in [4.78, 5) is 24.1. The van der Waals surface area contributed by atoms with Gasteiger partial charge in [-0.15, -0.1) is 0 Å². The first kappa shape index (κ1) is 30.0. The normalized spacial score (nSPS) is 11.2. The van der Waals surface area contributed by atoms with Crippen LogP contribution < -0.4 is 17.1 Å². The van der Waals surface area contributed by atoms with Gasteiger partial charge in [-0.05, 0) is 36.6 Å². The molecular weight excluding hydrogens is 444 g/mol. The zero-order valence-electron chi connectivity index (χ0n) is 20.1. The van der Waals surface area contributed by atoms with Crippen molar-refractivity contribution >= 4 is 27.3 Å². The second-order valence-corrected chi connectivity index (χ2v) is 8.98. The highest BCUT2D eigenvalue weighted by Gasteiger charge is 2.29. The van der Waals surface area contributed by atoms with Gasteiger partial charge in [0.05, 0.1) is 5.56 Å². The highest BCUT2D eigenvalue weighted by molar-refractivity contribution is 7.92. The molecule has 9 nitrogen and oxygen atoms in total. The van der Waals surface area contributed by atoms with E-state index in [9.17, 15) is 18.0 Å². The Bertz CT molecular complexity index is 1010. The number of rotatable bonds is 7. The Morgan fingerprint density at radius 3 is 2.00 bits per heavy atom. The summed E-state index contributed by atoms with van der Waals surface area (Å²) in [6.45, 7) is 9.75. The molecule has 0 aliphatic rings. The SMILES string of the molecule is CC.CC.Cc1ccc(-c2ccc(C(=O)N(N)CCC(C(=O)NO)S(C)(=O)=O)c(N)c2)cc1. The smallest absolute Gasteiger partial charge is 0.269 e. The van der Waals surface area contributed by atoms with Gasteiger partial charge in [0, 0.05) is 18.5 Å². The van der Waals surface area contributed by atoms with E-state index < -0.39 is 26.9 Å². The first-order chi connectivity index (χ1) is 15.5. The van der Waals surface area contributed by atoms with E-state index in [2.05, 4.69) is 0 Å². The Hall–Kier alpha value is -2.95. The van der Waals surface area contributed by atoms with Crippen molar-refractivity contribution in [2.24, 2.45) is 5.84 Å². The molecule has 0 spiro atoms. The van der Waals surface area contributed by atoms with Crippen molar-refractivity contribution in [2.75, 3.05) is 18.5 Å². The number of carbonyl (C=O) groups is 2. The standard InChI is InChI=1S/C19H24N4O5S.2C2H6/c1-12-3-5-13(6-4-12)14-7-8-15(16(20)11-14)19(25)23(21)10-9-17(18(24)22-26)29(2,27)28;2*1-2/h3-8,11,17,26H,9-10,20-21H2,1-2H3,(H,22,24);2*1-2H3. The molecule has 10 heteroatoms. The molecule has 2 amide bonds. The minimum absolute atomic E-state index is 0.158. The number of hydrazine groups is 1. The van der Waals surface area contributed by atoms with Gasteiger partial charge in [-0.2, -0.15) is 0 Å². The number of nitrogen functional groups attached to an aromatic ring is 1. The van der Waals surface area contributed by atoms with E-state index in [0.29, 0.717) is 0 Å². The molecule has 0 saturated carbocycles. The van der Waals surface area contributed by atoms with E-state index in [1.54, 1.807) is 18.2 Å². The number of benzene rings is 2. The molecule has 0 saturated heterocycles. The maximum atomic E-state index is 12.6. The predicted octanol–water partition coefficient (Wildman–Crippen LogP) is 2.92. The van der Waals surface area contributed by atoms with Gasteiger partial charge in [0.25, 0.3) is 11.8 Å². The molecule has 0 bridgehead atoms. The van der Waals surface area contributed by atoms with Crippen LogP contribution in [-0.4, -0.2) is 48.5 Å². The van der Waals surface area contributed by atoms with Gasteiger partial charge >= 0.3 is 0 Å². The van der Waals surface area contributed by atoms with Crippen molar-refractivity contribution in [3.8, 4) is 11.1 Å². The lowest BCUT2D eigenvalue weighted by atomic mass is 10.0. The van der Waals surface area contributed by atoms with Crippen LogP contribution in [0.2, 0.25) is 0 Å². The highest BCUT2D eigenvalue weighted by Crippen LogP contribution is 2.25. The topological polar surface area (TPSA) is 156 Å². The van der Waals surface area contributed by atoms with E-state index in [-0.39, 0.29) is 24.2 Å². The van der Waals surface area contributed by atoms with Gasteiger partial charge in [0.1, 0.15) is 5.25 Å². The van der Waals surface area contributed by atoms with Crippen LogP contribution in [0.25, 0.3) is 11.1 Å². The van der Waals surface area contributed by atoms with Crippen molar-refractivity contribution in [1.29, 1.82) is 0 Å². The summed E-state index contributed by atoms with van der Waals surface area (Å²) in [6.07, 6.45) is 0.576. The molecule has 2 aromatic rings. The molecule has 1 atom stereocenters. The maximum absolute atomic E-state index is 12.6. The number of aryl methyl sites for hydroxylation is 1. The average Bonchev–Trinajstić information content (AvgIpc) is 2.80. The van der Waals surface area contributed by atoms with Crippen molar-refractivity contribution < 1.29 is 23.2 Å². The van der Waals surface area contributed by atoms with Gasteiger partial charge < -0.3 is 5.73 Å². The molecule has 0 radical (unpaired) electrons. The molecule has 6 N–H and O–H groups in total. The number of anilines is 1. The minimum Gasteiger partial charge on any atom is -0.398 e. The quantitative estimate of drug-likeness (QED) is 0.156. The van der Waals surface area contributed by atoms with Crippen molar-refractivity contribution in [3.05, 3.63) is 53.6 Å². The number of nitrogens with zero attached hydrogens (tertiary/aromatic N) is 1. The Morgan fingerprint density at radius 2 is 1.55 bits per heavy atom. The summed E-state index contributed by atoms with van der Waals surface area (Å²) in [6, 6.07) is 12.8. The Labute approximate surface area is 196 Å². The Morgan fingerprint density at radius 1 is 1.03 bits per heavy atom. The van der Waals surface area contributed by atoms with E-state index in [0.717, 1.165) is 28.0 Å². The highest BCUT2D eigenvalue weighted by atomic mass is 32.2. The second-order valence-electron chi connectivity index (χ2n) is 6.75. The van der Waals surface area contributed by atoms with E-state index >= 15 is 0 Å². The third-order valence-electron chi connectivity index (χ3n) is 4.48. The number of hydroxylamine groups is 1. The monoisotopic (exact) mass is 480 g/mol. The first-order valence-corrected chi connectivity index (χ1v) is 12.7. The van der Waals surface area contributed by atoms with Gasteiger partial charge in [-0.3, -0.25) is 19.8 Å². The summed E-state index contributed by atoms with van der Waals surface area (Å²) in [5, 5.41) is 7.96. The minimum atomic E-state index is -3.80. The van der Waals surface area contributed by atoms with Crippen molar-refractivity contribution in [1.82, 2.24) is 10.5 Å². The number of sulfone groups is 1. The van der Waals surface area contributed by atoms with Crippen LogP contribution in [0, 0.1) is 6.92 Å². The molecule has 2 rings (SSSR count). The molecule has 33 heavy (non-hydrogen) atoms. The molecule has 0 aliphatic heterocycles. The molecular formula is C23H36N4O5S. The number of hydrogen-bond donors (Lipinski definition) is 4. The fourth-order valence-electron chi connectivity index (χ4n) is 2.81. The summed E-state index contributed by atoms with van der Waals surface area (Å²) >= 11 is 0. The second kappa shape index (κ2) is 14.2. The summed E-state index contributed by atoms with van der Waals surface area (Å²) < 4.78 is 23.4. The van der Waals surface area contributed by atoms with Gasteiger partial charge in [0.15, 0.2) is 9.84 Å². The third kappa shape index (κ3) is 8.83. The molecule has 1 unspecified atom stereocenters. The van der Waals surface area contributed by atoms with Gasteiger partial charge in [-0.1, -0.05) is 63.6 Å². The van der Waals surface area contributed by atoms with Gasteiger partial charge in [0.2, 0.25) is 0 Å². The van der Waals surface area contributed by atoms with Crippen LogP contribution in [-0.2, 0) is 14.6 Å². The lowest BCUT2D eigenvalue weighted by Crippen LogP contribution is -2.44. The fraction of sp³-hybridized carbons (Fsp3) is 0.391. The van der Waals surface area contributed by atoms with Crippen molar-refractivity contribution in [2.45, 2.75) is 46.3 Å². The predicted molar refractivity (Wildman–Crippen MR) is 132 cm³/mol. The molecule has 0 fully saturated rings. The molecule has 0 heterocycles. The molecule has 184 valence electrons. The summed E-state index contributed by atoms with van der Waals surface area (Å²) in [7, 11) is -3.80. The third-order valence-corrected chi connectivity index (χ3v) is 5.96. The Balaban J connectivity index is 0.00000242. The van der Waals surface area contributed by atoms with Crippen LogP contribution in [0.4, 0.5) is 5.69 Å². The zero-order chi connectivity index (χ0) is 25.8. The molecule has 2 aromatic carbocycles. The van der Waals surface area contributed by atoms with Crippen LogP contribution in [0.5, 0.6) is 0 Å². The number of nitrogens with two attached hydrogens (primary N) is 2. The summed E-state index contributed by atoms with van der Waals surface area (Å²) in [5.41, 5.74) is 10.6. The van der Waals surface area contributed by atoms with Crippen LogP contribution >= 0.6 is 0 Å². The fourth-order valence-corrected chi connectivity index (χ4v) is 3.78. The van der Waals surface area contributed by atoms with E-state index in [4.69, 9.17) is 16.8 Å². The molecule has 0 aliphatic carbocycles. The summed E-state index contributed by atoms with van der Waals surface area (Å²) in [5.74, 6) is 4.05. The first-order valence-electron chi connectivity index (χ1n) is 10.7. The number of carbonyl (C=O) groups excluding carboxylic acids is 2. The van der Waals surface area contributed by atoms with Crippen LogP contribution in [0.1, 0.15) is 50.0 Å². The van der Waals surface area contributed by atoms with Crippen LogP contribution in [0.15, 0.2) is 42.5 Å². The van der Waals surface area contributed by atoms with Gasteiger partial charge in [-0.25, -0.2) is 19.7 Å². The Kier molecular flexibility index (Phi) is 13.0. The van der Waals surface area contributed by atoms with Crippen LogP contribution in [0.3, 0.4) is 0 Å². The number of amides is 2. The zero-order valence-corrected chi connectivity index (χ0v) is 20.9. The van der Waals surface area contributed by atoms with E-state index in [1.807, 2.05) is 58.9 Å².